The van der Waals surface area contributed by atoms with E-state index in [1.807, 2.05) is 13.8 Å². The summed E-state index contributed by atoms with van der Waals surface area (Å²) < 4.78 is 0. The molecule has 0 atom stereocenters. The fourth-order valence-corrected chi connectivity index (χ4v) is 1.80. The van der Waals surface area contributed by atoms with Gasteiger partial charge < -0.3 is 10.6 Å². The van der Waals surface area contributed by atoms with E-state index in [9.17, 15) is 9.59 Å². The Balaban J connectivity index is 2.30. The van der Waals surface area contributed by atoms with Gasteiger partial charge in [0, 0.05) is 11.7 Å². The Hall–Kier alpha value is -2.04. The van der Waals surface area contributed by atoms with E-state index in [0.29, 0.717) is 11.4 Å². The largest absolute Gasteiger partial charge is 0.399 e. The van der Waals surface area contributed by atoms with Crippen LogP contribution in [0.5, 0.6) is 0 Å². The maximum atomic E-state index is 12.0. The predicted molar refractivity (Wildman–Crippen MR) is 65.6 cm³/mol. The zero-order valence-corrected chi connectivity index (χ0v) is 9.88. The number of benzene rings is 1. The predicted octanol–water partition coefficient (Wildman–Crippen LogP) is 1.45. The molecule has 0 unspecified atom stereocenters. The van der Waals surface area contributed by atoms with Gasteiger partial charge in [-0.3, -0.25) is 4.79 Å². The maximum Gasteiger partial charge on any atom is 0.332 e. The molecule has 1 fully saturated rings. The number of rotatable bonds is 2. The first-order valence-electron chi connectivity index (χ1n) is 5.50. The van der Waals surface area contributed by atoms with Gasteiger partial charge >= 0.3 is 6.03 Å². The van der Waals surface area contributed by atoms with Gasteiger partial charge in [-0.05, 0) is 38.1 Å². The SMILES string of the molecule is CC(C)N1CC(=O)N(c2ccc(N)cc2)C1=O. The number of hydrogen-bond acceptors (Lipinski definition) is 3. The molecule has 90 valence electrons. The summed E-state index contributed by atoms with van der Waals surface area (Å²) in [6.07, 6.45) is 0. The summed E-state index contributed by atoms with van der Waals surface area (Å²) >= 11 is 0. The summed E-state index contributed by atoms with van der Waals surface area (Å²) in [7, 11) is 0. The second-order valence-corrected chi connectivity index (χ2v) is 4.32. The summed E-state index contributed by atoms with van der Waals surface area (Å²) in [6.45, 7) is 3.91. The first kappa shape index (κ1) is 11.4. The van der Waals surface area contributed by atoms with E-state index in [4.69, 9.17) is 5.73 Å². The van der Waals surface area contributed by atoms with Crippen LogP contribution in [-0.2, 0) is 4.79 Å². The third kappa shape index (κ3) is 1.95. The van der Waals surface area contributed by atoms with E-state index in [0.717, 1.165) is 0 Å². The van der Waals surface area contributed by atoms with Crippen molar-refractivity contribution in [2.75, 3.05) is 17.2 Å². The number of anilines is 2. The van der Waals surface area contributed by atoms with Gasteiger partial charge in [0.05, 0.1) is 5.69 Å². The molecule has 1 aromatic carbocycles. The highest BCUT2D eigenvalue weighted by Crippen LogP contribution is 2.23. The molecular weight excluding hydrogens is 218 g/mol. The lowest BCUT2D eigenvalue weighted by atomic mass is 10.2. The lowest BCUT2D eigenvalue weighted by Gasteiger charge is -2.20. The highest BCUT2D eigenvalue weighted by Gasteiger charge is 2.38. The highest BCUT2D eigenvalue weighted by atomic mass is 16.2. The fourth-order valence-electron chi connectivity index (χ4n) is 1.80. The number of nitrogen functional groups attached to an aromatic ring is 1. The summed E-state index contributed by atoms with van der Waals surface area (Å²) in [5, 5.41) is 0. The normalized spacial score (nSPS) is 16.2. The number of amides is 3. The summed E-state index contributed by atoms with van der Waals surface area (Å²) in [4.78, 5) is 26.6. The molecule has 17 heavy (non-hydrogen) atoms. The van der Waals surface area contributed by atoms with Crippen LogP contribution in [-0.4, -0.2) is 29.4 Å². The lowest BCUT2D eigenvalue weighted by molar-refractivity contribution is -0.116. The van der Waals surface area contributed by atoms with Crippen molar-refractivity contribution in [2.45, 2.75) is 19.9 Å². The Kier molecular flexibility index (Phi) is 2.75. The Morgan fingerprint density at radius 1 is 1.18 bits per heavy atom. The molecule has 0 spiro atoms. The summed E-state index contributed by atoms with van der Waals surface area (Å²) in [5.41, 5.74) is 6.74. The smallest absolute Gasteiger partial charge is 0.332 e. The molecule has 0 radical (unpaired) electrons. The van der Waals surface area contributed by atoms with Gasteiger partial charge in [0.25, 0.3) is 5.91 Å². The maximum absolute atomic E-state index is 12.0. The van der Waals surface area contributed by atoms with Crippen molar-refractivity contribution in [1.29, 1.82) is 0 Å². The van der Waals surface area contributed by atoms with Crippen molar-refractivity contribution < 1.29 is 9.59 Å². The molecule has 1 aliphatic rings. The van der Waals surface area contributed by atoms with Crippen molar-refractivity contribution >= 4 is 23.3 Å². The minimum absolute atomic E-state index is 0.0187. The van der Waals surface area contributed by atoms with Crippen LogP contribution in [0, 0.1) is 0 Å². The van der Waals surface area contributed by atoms with Crippen molar-refractivity contribution in [3.8, 4) is 0 Å². The summed E-state index contributed by atoms with van der Waals surface area (Å²) in [5.74, 6) is -0.200. The average molecular weight is 233 g/mol. The number of imide groups is 1. The van der Waals surface area contributed by atoms with Crippen molar-refractivity contribution in [3.63, 3.8) is 0 Å². The van der Waals surface area contributed by atoms with Crippen LogP contribution in [0.2, 0.25) is 0 Å². The van der Waals surface area contributed by atoms with Gasteiger partial charge in [-0.15, -0.1) is 0 Å². The average Bonchev–Trinajstić information content (AvgIpc) is 2.56. The zero-order valence-electron chi connectivity index (χ0n) is 9.88. The number of nitrogens with two attached hydrogens (primary N) is 1. The molecule has 1 aromatic rings. The van der Waals surface area contributed by atoms with Gasteiger partial charge in [-0.1, -0.05) is 0 Å². The minimum Gasteiger partial charge on any atom is -0.399 e. The third-order valence-electron chi connectivity index (χ3n) is 2.77. The Morgan fingerprint density at radius 2 is 1.76 bits per heavy atom. The number of urea groups is 1. The third-order valence-corrected chi connectivity index (χ3v) is 2.77. The molecule has 2 rings (SSSR count). The molecule has 0 saturated carbocycles. The van der Waals surface area contributed by atoms with Crippen LogP contribution in [0.4, 0.5) is 16.2 Å². The van der Waals surface area contributed by atoms with Gasteiger partial charge in [-0.2, -0.15) is 0 Å². The van der Waals surface area contributed by atoms with Crippen molar-refractivity contribution in [1.82, 2.24) is 4.90 Å². The second-order valence-electron chi connectivity index (χ2n) is 4.32. The molecule has 0 aromatic heterocycles. The van der Waals surface area contributed by atoms with Crippen LogP contribution >= 0.6 is 0 Å². The van der Waals surface area contributed by atoms with Crippen LogP contribution < -0.4 is 10.6 Å². The molecule has 0 aliphatic carbocycles. The van der Waals surface area contributed by atoms with Crippen molar-refractivity contribution in [3.05, 3.63) is 24.3 Å². The second kappa shape index (κ2) is 4.08. The molecule has 1 heterocycles. The van der Waals surface area contributed by atoms with E-state index < -0.39 is 0 Å². The monoisotopic (exact) mass is 233 g/mol. The molecule has 0 bridgehead atoms. The first-order chi connectivity index (χ1) is 8.00. The Labute approximate surface area is 99.8 Å². The molecular formula is C12H15N3O2. The number of hydrogen-bond donors (Lipinski definition) is 1. The topological polar surface area (TPSA) is 66.6 Å². The lowest BCUT2D eigenvalue weighted by Crippen LogP contribution is -2.36. The quantitative estimate of drug-likeness (QED) is 0.621. The zero-order chi connectivity index (χ0) is 12.6. The van der Waals surface area contributed by atoms with E-state index in [1.165, 1.54) is 4.90 Å². The van der Waals surface area contributed by atoms with Gasteiger partial charge in [0.1, 0.15) is 6.54 Å². The van der Waals surface area contributed by atoms with E-state index >= 15 is 0 Å². The van der Waals surface area contributed by atoms with Crippen molar-refractivity contribution in [2.24, 2.45) is 0 Å². The van der Waals surface area contributed by atoms with E-state index in [1.54, 1.807) is 29.2 Å². The molecule has 1 saturated heterocycles. The van der Waals surface area contributed by atoms with E-state index in [2.05, 4.69) is 0 Å². The Bertz CT molecular complexity index is 453. The molecule has 2 N–H and O–H groups in total. The molecule has 5 heteroatoms. The number of carbonyl (C=O) groups excluding carboxylic acids is 2. The van der Waals surface area contributed by atoms with Gasteiger partial charge in [0.15, 0.2) is 0 Å². The molecule has 5 nitrogen and oxygen atoms in total. The number of nitrogens with zero attached hydrogens (tertiary/aromatic N) is 2. The first-order valence-corrected chi connectivity index (χ1v) is 5.50. The van der Waals surface area contributed by atoms with Crippen LogP contribution in [0.25, 0.3) is 0 Å². The Morgan fingerprint density at radius 3 is 2.24 bits per heavy atom. The van der Waals surface area contributed by atoms with Crippen LogP contribution in [0.1, 0.15) is 13.8 Å². The van der Waals surface area contributed by atoms with Gasteiger partial charge in [-0.25, -0.2) is 9.69 Å². The van der Waals surface area contributed by atoms with Crippen LogP contribution in [0.15, 0.2) is 24.3 Å². The molecule has 3 amide bonds. The standard InChI is InChI=1S/C12H15N3O2/c1-8(2)14-7-11(16)15(12(14)17)10-5-3-9(13)4-6-10/h3-6,8H,7,13H2,1-2H3. The number of carbonyl (C=O) groups is 2. The van der Waals surface area contributed by atoms with Crippen LogP contribution in [0.3, 0.4) is 0 Å². The summed E-state index contributed by atoms with van der Waals surface area (Å²) in [6, 6.07) is 6.45. The van der Waals surface area contributed by atoms with Gasteiger partial charge in [0.2, 0.25) is 0 Å². The minimum atomic E-state index is -0.269. The van der Waals surface area contributed by atoms with E-state index in [-0.39, 0.29) is 24.5 Å². The fraction of sp³-hybridized carbons (Fsp3) is 0.333. The highest BCUT2D eigenvalue weighted by molar-refractivity contribution is 6.19. The molecule has 1 aliphatic heterocycles.